The molecule has 0 aliphatic carbocycles. The van der Waals surface area contributed by atoms with Gasteiger partial charge in [-0.2, -0.15) is 0 Å². The maximum absolute atomic E-state index is 13.4. The molecule has 2 aromatic rings. The van der Waals surface area contributed by atoms with Gasteiger partial charge < -0.3 is 10.6 Å². The molecule has 3 nitrogen and oxygen atoms in total. The number of anilines is 1. The third-order valence-electron chi connectivity index (χ3n) is 3.05. The Hall–Kier alpha value is -2.50. The number of para-hydroxylation sites is 1. The van der Waals surface area contributed by atoms with Crippen LogP contribution in [0.15, 0.2) is 42.5 Å². The minimum atomic E-state index is -0.716. The van der Waals surface area contributed by atoms with E-state index in [2.05, 4.69) is 10.6 Å². The summed E-state index contributed by atoms with van der Waals surface area (Å²) < 4.78 is 40.0. The van der Waals surface area contributed by atoms with Gasteiger partial charge in [-0.05, 0) is 18.2 Å². The van der Waals surface area contributed by atoms with E-state index in [1.165, 1.54) is 12.1 Å². The molecule has 0 bridgehead atoms. The zero-order valence-corrected chi connectivity index (χ0v) is 11.7. The normalized spacial score (nSPS) is 10.3. The molecular weight excluding hydrogens is 293 g/mol. The Bertz CT molecular complexity index is 641. The highest BCUT2D eigenvalue weighted by Crippen LogP contribution is 2.17. The second-order valence-corrected chi connectivity index (χ2v) is 4.64. The Labute approximate surface area is 126 Å². The van der Waals surface area contributed by atoms with Crippen LogP contribution in [0.4, 0.5) is 18.9 Å². The highest BCUT2D eigenvalue weighted by Gasteiger charge is 2.09. The van der Waals surface area contributed by atoms with Crippen molar-refractivity contribution in [3.05, 3.63) is 65.5 Å². The summed E-state index contributed by atoms with van der Waals surface area (Å²) in [7, 11) is 0. The third kappa shape index (κ3) is 4.25. The number of nitrogens with one attached hydrogen (secondary N) is 2. The quantitative estimate of drug-likeness (QED) is 0.860. The Kier molecular flexibility index (Phi) is 5.41. The van der Waals surface area contributed by atoms with Gasteiger partial charge in [0.05, 0.1) is 0 Å². The molecule has 0 saturated heterocycles. The molecule has 2 rings (SSSR count). The molecule has 0 saturated carbocycles. The van der Waals surface area contributed by atoms with Crippen LogP contribution in [-0.2, 0) is 11.3 Å². The molecular formula is C16H15F3N2O. The average Bonchev–Trinajstić information content (AvgIpc) is 2.49. The van der Waals surface area contributed by atoms with Crippen LogP contribution in [0.25, 0.3) is 0 Å². The van der Waals surface area contributed by atoms with Gasteiger partial charge in [0.1, 0.15) is 23.1 Å². The summed E-state index contributed by atoms with van der Waals surface area (Å²) in [5.74, 6) is -2.17. The standard InChI is InChI=1S/C16H15F3N2O/c17-12-5-2-1-4-11(12)10-21-15(22)8-9-20-16-13(18)6-3-7-14(16)19/h1-7,20H,8-10H2,(H,21,22). The van der Waals surface area contributed by atoms with Crippen LogP contribution in [0, 0.1) is 17.5 Å². The lowest BCUT2D eigenvalue weighted by atomic mass is 10.2. The van der Waals surface area contributed by atoms with Gasteiger partial charge in [0.25, 0.3) is 0 Å². The van der Waals surface area contributed by atoms with E-state index in [1.807, 2.05) is 0 Å². The number of rotatable bonds is 6. The molecule has 0 unspecified atom stereocenters. The summed E-state index contributed by atoms with van der Waals surface area (Å²) in [6, 6.07) is 9.64. The van der Waals surface area contributed by atoms with Gasteiger partial charge >= 0.3 is 0 Å². The maximum Gasteiger partial charge on any atom is 0.222 e. The van der Waals surface area contributed by atoms with Crippen molar-refractivity contribution < 1.29 is 18.0 Å². The van der Waals surface area contributed by atoms with E-state index < -0.39 is 17.5 Å². The summed E-state index contributed by atoms with van der Waals surface area (Å²) in [5, 5.41) is 5.09. The van der Waals surface area contributed by atoms with Crippen LogP contribution in [0.1, 0.15) is 12.0 Å². The van der Waals surface area contributed by atoms with E-state index in [0.29, 0.717) is 5.56 Å². The fourth-order valence-electron chi connectivity index (χ4n) is 1.89. The van der Waals surface area contributed by atoms with Gasteiger partial charge in [0.2, 0.25) is 5.91 Å². The molecule has 22 heavy (non-hydrogen) atoms. The molecule has 0 aliphatic rings. The molecule has 0 atom stereocenters. The van der Waals surface area contributed by atoms with Gasteiger partial charge in [-0.3, -0.25) is 4.79 Å². The first-order chi connectivity index (χ1) is 10.6. The van der Waals surface area contributed by atoms with Crippen molar-refractivity contribution >= 4 is 11.6 Å². The predicted molar refractivity (Wildman–Crippen MR) is 77.7 cm³/mol. The number of hydrogen-bond acceptors (Lipinski definition) is 2. The van der Waals surface area contributed by atoms with E-state index >= 15 is 0 Å². The van der Waals surface area contributed by atoms with Crippen LogP contribution in [-0.4, -0.2) is 12.5 Å². The van der Waals surface area contributed by atoms with Crippen LogP contribution in [0.3, 0.4) is 0 Å². The lowest BCUT2D eigenvalue weighted by Gasteiger charge is -2.09. The third-order valence-corrected chi connectivity index (χ3v) is 3.05. The van der Waals surface area contributed by atoms with E-state index in [1.54, 1.807) is 18.2 Å². The van der Waals surface area contributed by atoms with E-state index in [9.17, 15) is 18.0 Å². The van der Waals surface area contributed by atoms with Gasteiger partial charge in [-0.25, -0.2) is 13.2 Å². The summed E-state index contributed by atoms with van der Waals surface area (Å²) in [6.45, 7) is 0.139. The second-order valence-electron chi connectivity index (χ2n) is 4.64. The number of halogens is 3. The predicted octanol–water partition coefficient (Wildman–Crippen LogP) is 3.22. The second kappa shape index (κ2) is 7.49. The fraction of sp³-hybridized carbons (Fsp3) is 0.188. The Morgan fingerprint density at radius 3 is 2.23 bits per heavy atom. The molecule has 116 valence electrons. The monoisotopic (exact) mass is 308 g/mol. The number of amides is 1. The van der Waals surface area contributed by atoms with Crippen LogP contribution < -0.4 is 10.6 Å². The summed E-state index contributed by atoms with van der Waals surface area (Å²) in [6.07, 6.45) is 0.0161. The molecule has 0 fully saturated rings. The van der Waals surface area contributed by atoms with E-state index in [-0.39, 0.29) is 31.1 Å². The van der Waals surface area contributed by atoms with Crippen LogP contribution in [0.2, 0.25) is 0 Å². The van der Waals surface area contributed by atoms with Gasteiger partial charge in [-0.15, -0.1) is 0 Å². The maximum atomic E-state index is 13.4. The minimum absolute atomic E-state index is 0.0161. The molecule has 2 aromatic carbocycles. The molecule has 0 heterocycles. The first-order valence-corrected chi connectivity index (χ1v) is 6.76. The average molecular weight is 308 g/mol. The largest absolute Gasteiger partial charge is 0.380 e. The molecule has 2 N–H and O–H groups in total. The van der Waals surface area contributed by atoms with Crippen molar-refractivity contribution in [3.8, 4) is 0 Å². The fourth-order valence-corrected chi connectivity index (χ4v) is 1.89. The summed E-state index contributed by atoms with van der Waals surface area (Å²) >= 11 is 0. The van der Waals surface area contributed by atoms with Crippen LogP contribution >= 0.6 is 0 Å². The minimum Gasteiger partial charge on any atom is -0.380 e. The zero-order chi connectivity index (χ0) is 15.9. The SMILES string of the molecule is O=C(CCNc1c(F)cccc1F)NCc1ccccc1F. The van der Waals surface area contributed by atoms with Crippen molar-refractivity contribution in [2.75, 3.05) is 11.9 Å². The molecule has 6 heteroatoms. The number of carbonyl (C=O) groups is 1. The molecule has 0 spiro atoms. The number of benzene rings is 2. The van der Waals surface area contributed by atoms with Gasteiger partial charge in [0, 0.05) is 25.1 Å². The van der Waals surface area contributed by atoms with E-state index in [0.717, 1.165) is 12.1 Å². The van der Waals surface area contributed by atoms with Crippen LogP contribution in [0.5, 0.6) is 0 Å². The first kappa shape index (κ1) is 15.9. The zero-order valence-electron chi connectivity index (χ0n) is 11.7. The molecule has 0 aromatic heterocycles. The molecule has 1 amide bonds. The Balaban J connectivity index is 1.78. The van der Waals surface area contributed by atoms with Crippen molar-refractivity contribution in [3.63, 3.8) is 0 Å². The number of carbonyl (C=O) groups excluding carboxylic acids is 1. The first-order valence-electron chi connectivity index (χ1n) is 6.76. The van der Waals surface area contributed by atoms with Crippen molar-refractivity contribution in [2.45, 2.75) is 13.0 Å². The topological polar surface area (TPSA) is 41.1 Å². The van der Waals surface area contributed by atoms with Crippen molar-refractivity contribution in [2.24, 2.45) is 0 Å². The lowest BCUT2D eigenvalue weighted by Crippen LogP contribution is -2.25. The summed E-state index contributed by atoms with van der Waals surface area (Å²) in [4.78, 5) is 11.6. The molecule has 0 radical (unpaired) electrons. The highest BCUT2D eigenvalue weighted by atomic mass is 19.1. The van der Waals surface area contributed by atoms with Crippen molar-refractivity contribution in [1.82, 2.24) is 5.32 Å². The van der Waals surface area contributed by atoms with Gasteiger partial charge in [0.15, 0.2) is 0 Å². The molecule has 0 aliphatic heterocycles. The lowest BCUT2D eigenvalue weighted by molar-refractivity contribution is -0.121. The summed E-state index contributed by atoms with van der Waals surface area (Å²) in [5.41, 5.74) is 0.119. The smallest absolute Gasteiger partial charge is 0.222 e. The Morgan fingerprint density at radius 1 is 0.909 bits per heavy atom. The number of hydrogen-bond donors (Lipinski definition) is 2. The van der Waals surface area contributed by atoms with Crippen molar-refractivity contribution in [1.29, 1.82) is 0 Å². The van der Waals surface area contributed by atoms with Gasteiger partial charge in [-0.1, -0.05) is 24.3 Å². The highest BCUT2D eigenvalue weighted by molar-refractivity contribution is 5.76. The van der Waals surface area contributed by atoms with E-state index in [4.69, 9.17) is 0 Å². The Morgan fingerprint density at radius 2 is 1.55 bits per heavy atom.